The van der Waals surface area contributed by atoms with E-state index in [0.29, 0.717) is 24.2 Å². The van der Waals surface area contributed by atoms with Gasteiger partial charge in [0, 0.05) is 57.0 Å². The molecule has 0 saturated heterocycles. The molecule has 62 heavy (non-hydrogen) atoms. The summed E-state index contributed by atoms with van der Waals surface area (Å²) in [5, 5.41) is 0. The predicted octanol–water partition coefficient (Wildman–Crippen LogP) is 12.0. The zero-order valence-electron chi connectivity index (χ0n) is 37.7. The Hall–Kier alpha value is -6.47. The number of benzene rings is 4. The van der Waals surface area contributed by atoms with Gasteiger partial charge in [-0.3, -0.25) is 0 Å². The average Bonchev–Trinajstić information content (AvgIpc) is 3.80. The lowest BCUT2D eigenvalue weighted by Gasteiger charge is -2.29. The number of hydrogen-bond acceptors (Lipinski definition) is 6. The number of fused-ring (bicyclic) bond motifs is 2. The zero-order chi connectivity index (χ0) is 44.3. The number of allylic oxidation sites excluding steroid dienone is 7. The van der Waals surface area contributed by atoms with E-state index in [-0.39, 0.29) is 36.0 Å². The summed E-state index contributed by atoms with van der Waals surface area (Å²) in [5.41, 5.74) is 15.4. The first kappa shape index (κ1) is 43.6. The minimum Gasteiger partial charge on any atom is -0.460 e. The highest BCUT2D eigenvalue weighted by molar-refractivity contribution is 6.03. The molecule has 1 aliphatic carbocycles. The Kier molecular flexibility index (Phi) is 12.6. The van der Waals surface area contributed by atoms with Gasteiger partial charge < -0.3 is 19.3 Å². The van der Waals surface area contributed by atoms with Gasteiger partial charge in [0.15, 0.2) is 18.9 Å². The van der Waals surface area contributed by atoms with Crippen LogP contribution in [0.3, 0.4) is 0 Å². The number of rotatable bonds is 14. The molecule has 0 fully saturated rings. The quantitative estimate of drug-likeness (QED) is 0.0717. The number of carbonyl (C=O) groups excluding carboxylic acids is 2. The number of para-hydroxylation sites is 2. The molecule has 0 N–H and O–H groups in total. The van der Waals surface area contributed by atoms with Gasteiger partial charge in [-0.1, -0.05) is 105 Å². The highest BCUT2D eigenvalue weighted by atomic mass is 16.5. The molecule has 0 radical (unpaired) electrons. The molecule has 318 valence electrons. The molecule has 4 aromatic rings. The van der Waals surface area contributed by atoms with E-state index >= 15 is 0 Å². The molecule has 0 bridgehead atoms. The second-order valence-electron chi connectivity index (χ2n) is 17.8. The molecular weight excluding hydrogens is 767 g/mol. The number of hydrogen-bond donors (Lipinski definition) is 0. The summed E-state index contributed by atoms with van der Waals surface area (Å²) in [6.07, 6.45) is 10.9. The Labute approximate surface area is 368 Å². The van der Waals surface area contributed by atoms with E-state index in [1.54, 1.807) is 13.8 Å². The molecule has 0 aromatic heterocycles. The van der Waals surface area contributed by atoms with Crippen molar-refractivity contribution < 1.29 is 23.6 Å². The highest BCUT2D eigenvalue weighted by Gasteiger charge is 2.45. The third kappa shape index (κ3) is 8.67. The molecule has 0 saturated carbocycles. The first-order valence-electron chi connectivity index (χ1n) is 21.6. The van der Waals surface area contributed by atoms with Crippen molar-refractivity contribution in [3.05, 3.63) is 190 Å². The minimum absolute atomic E-state index is 0.241. The standard InChI is InChI=1S/C55H60N3O4/c1-37(2)52(59)61-33-31-56-47-27-21-39(5)35-45(47)54(7,8)49(56)29-25-41-23-24-42(51(41)58(43-17-13-11-14-18-43)44-19-15-12-16-20-44)26-30-50-55(9,10)46-36-40(6)22-28-48(46)57(50)32-34-62-53(60)38(3)4/h11-22,25-30,35-36H,1,3,23-24,31-34H2,2,4-10H3/q+1. The fourth-order valence-electron chi connectivity index (χ4n) is 9.01. The van der Waals surface area contributed by atoms with Crippen LogP contribution in [0, 0.1) is 13.8 Å². The number of esters is 2. The van der Waals surface area contributed by atoms with Crippen molar-refractivity contribution in [2.45, 2.75) is 79.1 Å². The summed E-state index contributed by atoms with van der Waals surface area (Å²) in [4.78, 5) is 29.6. The van der Waals surface area contributed by atoms with Gasteiger partial charge in [0.1, 0.15) is 6.61 Å². The van der Waals surface area contributed by atoms with Gasteiger partial charge in [-0.25, -0.2) is 9.59 Å². The van der Waals surface area contributed by atoms with Crippen molar-refractivity contribution in [3.63, 3.8) is 0 Å². The smallest absolute Gasteiger partial charge is 0.333 e. The zero-order valence-corrected chi connectivity index (χ0v) is 37.7. The lowest BCUT2D eigenvalue weighted by atomic mass is 9.80. The number of nitrogens with zero attached hydrogens (tertiary/aromatic N) is 3. The maximum atomic E-state index is 12.4. The summed E-state index contributed by atoms with van der Waals surface area (Å²) in [5.74, 6) is -0.757. The number of anilines is 3. The Balaban J connectivity index is 1.37. The van der Waals surface area contributed by atoms with Crippen LogP contribution < -0.4 is 9.80 Å². The summed E-state index contributed by atoms with van der Waals surface area (Å²) in [6, 6.07) is 34.4. The van der Waals surface area contributed by atoms with Crippen LogP contribution in [0.25, 0.3) is 0 Å². The monoisotopic (exact) mass is 826 g/mol. The summed E-state index contributed by atoms with van der Waals surface area (Å²) < 4.78 is 13.6. The lowest BCUT2D eigenvalue weighted by Crippen LogP contribution is -2.29. The third-order valence-corrected chi connectivity index (χ3v) is 12.3. The third-order valence-electron chi connectivity index (χ3n) is 12.3. The minimum atomic E-state index is -0.379. The molecule has 0 unspecified atom stereocenters. The SMILES string of the molecule is C=C(C)C(=O)OCCN1/C(=C/C=C2\CCC(/C=C/C3=[N+](CCOC(=O)C(=C)C)c4ccc(C)cc4C3(C)C)=C2N(c2ccccc2)c2ccccc2)C(C)(C)c2cc(C)ccc21. The molecule has 3 aliphatic rings. The second kappa shape index (κ2) is 17.9. The summed E-state index contributed by atoms with van der Waals surface area (Å²) in [6.45, 7) is 25.8. The van der Waals surface area contributed by atoms with Crippen LogP contribution in [0.4, 0.5) is 22.7 Å². The normalized spacial score (nSPS) is 17.5. The largest absolute Gasteiger partial charge is 0.460 e. The first-order chi connectivity index (χ1) is 29.6. The van der Waals surface area contributed by atoms with Gasteiger partial charge in [0.25, 0.3) is 0 Å². The number of ether oxygens (including phenoxy) is 2. The fraction of sp³-hybridized carbons (Fsp3) is 0.291. The molecule has 0 amide bonds. The average molecular weight is 827 g/mol. The number of aryl methyl sites for hydroxylation is 2. The van der Waals surface area contributed by atoms with Gasteiger partial charge in [-0.15, -0.1) is 0 Å². The van der Waals surface area contributed by atoms with Crippen LogP contribution in [-0.4, -0.2) is 48.5 Å². The maximum Gasteiger partial charge on any atom is 0.333 e. The molecule has 2 heterocycles. The molecule has 2 aliphatic heterocycles. The van der Waals surface area contributed by atoms with Gasteiger partial charge in [0.05, 0.1) is 17.7 Å². The van der Waals surface area contributed by atoms with E-state index in [4.69, 9.17) is 9.47 Å². The molecule has 4 aromatic carbocycles. The maximum absolute atomic E-state index is 12.4. The topological polar surface area (TPSA) is 62.1 Å². The van der Waals surface area contributed by atoms with Crippen molar-refractivity contribution >= 4 is 40.4 Å². The first-order valence-corrected chi connectivity index (χ1v) is 21.6. The van der Waals surface area contributed by atoms with Crippen molar-refractivity contribution in [1.29, 1.82) is 0 Å². The Morgan fingerprint density at radius 1 is 0.726 bits per heavy atom. The number of carbonyl (C=O) groups is 2. The Bertz CT molecular complexity index is 2550. The van der Waals surface area contributed by atoms with Crippen LogP contribution >= 0.6 is 0 Å². The van der Waals surface area contributed by atoms with Crippen LogP contribution in [0.1, 0.15) is 76.6 Å². The van der Waals surface area contributed by atoms with Crippen LogP contribution in [0.15, 0.2) is 168 Å². The van der Waals surface area contributed by atoms with Gasteiger partial charge >= 0.3 is 11.9 Å². The lowest BCUT2D eigenvalue weighted by molar-refractivity contribution is -0.440. The summed E-state index contributed by atoms with van der Waals surface area (Å²) >= 11 is 0. The molecule has 0 spiro atoms. The van der Waals surface area contributed by atoms with Crippen molar-refractivity contribution in [2.75, 3.05) is 36.1 Å². The van der Waals surface area contributed by atoms with E-state index in [1.807, 2.05) is 0 Å². The highest BCUT2D eigenvalue weighted by Crippen LogP contribution is 2.49. The molecule has 7 nitrogen and oxygen atoms in total. The van der Waals surface area contributed by atoms with E-state index in [2.05, 4.69) is 190 Å². The van der Waals surface area contributed by atoms with E-state index in [9.17, 15) is 9.59 Å². The predicted molar refractivity (Wildman–Crippen MR) is 254 cm³/mol. The van der Waals surface area contributed by atoms with Crippen molar-refractivity contribution in [2.24, 2.45) is 0 Å². The molecule has 0 atom stereocenters. The molecule has 7 heteroatoms. The van der Waals surface area contributed by atoms with Crippen molar-refractivity contribution in [1.82, 2.24) is 0 Å². The summed E-state index contributed by atoms with van der Waals surface area (Å²) in [7, 11) is 0. The Morgan fingerprint density at radius 3 is 1.92 bits per heavy atom. The van der Waals surface area contributed by atoms with E-state index in [0.717, 1.165) is 52.7 Å². The van der Waals surface area contributed by atoms with E-state index in [1.165, 1.54) is 33.4 Å². The van der Waals surface area contributed by atoms with Crippen LogP contribution in [-0.2, 0) is 29.9 Å². The fourth-order valence-corrected chi connectivity index (χ4v) is 9.01. The van der Waals surface area contributed by atoms with Gasteiger partial charge in [-0.05, 0) is 114 Å². The van der Waals surface area contributed by atoms with Crippen LogP contribution in [0.5, 0.6) is 0 Å². The Morgan fingerprint density at radius 2 is 1.31 bits per heavy atom. The van der Waals surface area contributed by atoms with Crippen molar-refractivity contribution in [3.8, 4) is 0 Å². The second-order valence-corrected chi connectivity index (χ2v) is 17.8. The van der Waals surface area contributed by atoms with E-state index < -0.39 is 0 Å². The van der Waals surface area contributed by atoms with Gasteiger partial charge in [-0.2, -0.15) is 4.58 Å². The van der Waals surface area contributed by atoms with Gasteiger partial charge in [0.2, 0.25) is 5.69 Å². The molecular formula is C55H60N3O4+. The molecule has 7 rings (SSSR count). The van der Waals surface area contributed by atoms with Crippen LogP contribution in [0.2, 0.25) is 0 Å².